The molecule has 0 spiro atoms. The van der Waals surface area contributed by atoms with Crippen LogP contribution in [0.25, 0.3) is 11.6 Å². The first-order valence-electron chi connectivity index (χ1n) is 5.93. The van der Waals surface area contributed by atoms with E-state index in [1.54, 1.807) is 6.92 Å². The van der Waals surface area contributed by atoms with Gasteiger partial charge in [0.1, 0.15) is 0 Å². The third-order valence-electron chi connectivity index (χ3n) is 2.84. The second-order valence-corrected chi connectivity index (χ2v) is 4.16. The first-order chi connectivity index (χ1) is 8.83. The third-order valence-corrected chi connectivity index (χ3v) is 2.84. The molecule has 0 amide bonds. The predicted molar refractivity (Wildman–Crippen MR) is 65.1 cm³/mol. The summed E-state index contributed by atoms with van der Waals surface area (Å²) in [5.41, 5.74) is 0.606. The molecule has 0 aromatic carbocycles. The third kappa shape index (κ3) is 2.17. The second kappa shape index (κ2) is 4.69. The van der Waals surface area contributed by atoms with Crippen LogP contribution in [0.2, 0.25) is 0 Å². The van der Waals surface area contributed by atoms with Gasteiger partial charge in [-0.25, -0.2) is 0 Å². The number of aryl methyl sites for hydroxylation is 1. The van der Waals surface area contributed by atoms with Gasteiger partial charge in [0.05, 0.1) is 0 Å². The molecule has 7 heteroatoms. The van der Waals surface area contributed by atoms with Crippen molar-refractivity contribution in [2.45, 2.75) is 6.92 Å². The minimum atomic E-state index is 0.409. The topological polar surface area (TPSA) is 80.0 Å². The Hall–Kier alpha value is -2.02. The summed E-state index contributed by atoms with van der Waals surface area (Å²) in [7, 11) is 0. The van der Waals surface area contributed by atoms with Crippen LogP contribution in [0.4, 0.5) is 5.82 Å². The average Bonchev–Trinajstić information content (AvgIpc) is 2.87. The smallest absolute Gasteiger partial charge is 0.278 e. The average molecular weight is 246 g/mol. The molecule has 7 nitrogen and oxygen atoms in total. The van der Waals surface area contributed by atoms with E-state index in [0.29, 0.717) is 17.4 Å². The SMILES string of the molecule is Cc1noc(-c2ccc(N3CCNCC3)nn2)n1. The van der Waals surface area contributed by atoms with Crippen molar-refractivity contribution in [2.75, 3.05) is 31.1 Å². The predicted octanol–water partition coefficient (Wildman–Crippen LogP) is 0.245. The van der Waals surface area contributed by atoms with Crippen LogP contribution >= 0.6 is 0 Å². The van der Waals surface area contributed by atoms with Crippen LogP contribution in [0.3, 0.4) is 0 Å². The number of hydrogen-bond donors (Lipinski definition) is 1. The highest BCUT2D eigenvalue weighted by atomic mass is 16.5. The highest BCUT2D eigenvalue weighted by molar-refractivity contribution is 5.49. The normalized spacial score (nSPS) is 15.9. The van der Waals surface area contributed by atoms with Crippen LogP contribution in [0.5, 0.6) is 0 Å². The molecule has 0 bridgehead atoms. The number of hydrogen-bond acceptors (Lipinski definition) is 7. The van der Waals surface area contributed by atoms with Crippen molar-refractivity contribution in [3.8, 4) is 11.6 Å². The molecule has 1 aliphatic rings. The van der Waals surface area contributed by atoms with Crippen LogP contribution < -0.4 is 10.2 Å². The Bertz CT molecular complexity index is 517. The van der Waals surface area contributed by atoms with Crippen molar-refractivity contribution in [3.63, 3.8) is 0 Å². The van der Waals surface area contributed by atoms with Crippen molar-refractivity contribution >= 4 is 5.82 Å². The van der Waals surface area contributed by atoms with E-state index in [2.05, 4.69) is 30.6 Å². The van der Waals surface area contributed by atoms with Gasteiger partial charge in [-0.1, -0.05) is 5.16 Å². The monoisotopic (exact) mass is 246 g/mol. The lowest BCUT2D eigenvalue weighted by Crippen LogP contribution is -2.43. The molecular weight excluding hydrogens is 232 g/mol. The molecule has 1 saturated heterocycles. The quantitative estimate of drug-likeness (QED) is 0.813. The molecule has 0 aliphatic carbocycles. The maximum Gasteiger partial charge on any atom is 0.278 e. The Morgan fingerprint density at radius 2 is 2.06 bits per heavy atom. The van der Waals surface area contributed by atoms with E-state index in [-0.39, 0.29) is 0 Å². The Morgan fingerprint density at radius 1 is 1.22 bits per heavy atom. The maximum absolute atomic E-state index is 5.05. The number of anilines is 1. The summed E-state index contributed by atoms with van der Waals surface area (Å²) in [6, 6.07) is 3.80. The number of piperazine rings is 1. The number of aromatic nitrogens is 4. The minimum Gasteiger partial charge on any atom is -0.353 e. The molecule has 3 heterocycles. The molecule has 0 radical (unpaired) electrons. The van der Waals surface area contributed by atoms with Gasteiger partial charge in [0.25, 0.3) is 5.89 Å². The van der Waals surface area contributed by atoms with Crippen LogP contribution in [0.15, 0.2) is 16.7 Å². The molecule has 2 aromatic rings. The summed E-state index contributed by atoms with van der Waals surface area (Å²) < 4.78 is 5.05. The Morgan fingerprint density at radius 3 is 2.67 bits per heavy atom. The minimum absolute atomic E-state index is 0.409. The van der Waals surface area contributed by atoms with E-state index >= 15 is 0 Å². The standard InChI is InChI=1S/C11H14N6O/c1-8-13-11(18-16-8)9-2-3-10(15-14-9)17-6-4-12-5-7-17/h2-3,12H,4-7H2,1H3. The second-order valence-electron chi connectivity index (χ2n) is 4.16. The van der Waals surface area contributed by atoms with E-state index in [9.17, 15) is 0 Å². The highest BCUT2D eigenvalue weighted by Gasteiger charge is 2.13. The van der Waals surface area contributed by atoms with Gasteiger partial charge in [0, 0.05) is 26.2 Å². The summed E-state index contributed by atoms with van der Waals surface area (Å²) in [4.78, 5) is 6.32. The molecule has 0 unspecified atom stereocenters. The van der Waals surface area contributed by atoms with Crippen molar-refractivity contribution in [1.29, 1.82) is 0 Å². The fraction of sp³-hybridized carbons (Fsp3) is 0.455. The van der Waals surface area contributed by atoms with Gasteiger partial charge in [0.15, 0.2) is 17.3 Å². The molecule has 3 rings (SSSR count). The van der Waals surface area contributed by atoms with E-state index < -0.39 is 0 Å². The van der Waals surface area contributed by atoms with Crippen LogP contribution in [-0.4, -0.2) is 46.5 Å². The largest absolute Gasteiger partial charge is 0.353 e. The zero-order chi connectivity index (χ0) is 12.4. The molecule has 1 fully saturated rings. The summed E-state index contributed by atoms with van der Waals surface area (Å²) in [5.74, 6) is 1.89. The lowest BCUT2D eigenvalue weighted by Gasteiger charge is -2.27. The Balaban J connectivity index is 1.80. The molecule has 94 valence electrons. The summed E-state index contributed by atoms with van der Waals surface area (Å²) in [6.07, 6.45) is 0. The van der Waals surface area contributed by atoms with Gasteiger partial charge >= 0.3 is 0 Å². The van der Waals surface area contributed by atoms with Crippen molar-refractivity contribution in [1.82, 2.24) is 25.7 Å². The number of nitrogens with one attached hydrogen (secondary N) is 1. The number of rotatable bonds is 2. The molecule has 1 N–H and O–H groups in total. The van der Waals surface area contributed by atoms with Crippen molar-refractivity contribution < 1.29 is 4.52 Å². The Kier molecular flexibility index (Phi) is 2.89. The van der Waals surface area contributed by atoms with Gasteiger partial charge in [0.2, 0.25) is 0 Å². The van der Waals surface area contributed by atoms with Gasteiger partial charge in [-0.3, -0.25) is 0 Å². The molecule has 0 atom stereocenters. The van der Waals surface area contributed by atoms with Gasteiger partial charge < -0.3 is 14.7 Å². The first-order valence-corrected chi connectivity index (χ1v) is 5.93. The molecule has 2 aromatic heterocycles. The van der Waals surface area contributed by atoms with Gasteiger partial charge in [-0.05, 0) is 19.1 Å². The zero-order valence-corrected chi connectivity index (χ0v) is 10.1. The first kappa shape index (κ1) is 11.1. The van der Waals surface area contributed by atoms with Gasteiger partial charge in [-0.2, -0.15) is 4.98 Å². The van der Waals surface area contributed by atoms with Crippen LogP contribution in [-0.2, 0) is 0 Å². The van der Waals surface area contributed by atoms with Crippen molar-refractivity contribution in [3.05, 3.63) is 18.0 Å². The Labute approximate surface area is 104 Å². The van der Waals surface area contributed by atoms with E-state index in [1.807, 2.05) is 12.1 Å². The lowest BCUT2D eigenvalue weighted by atomic mass is 10.3. The molecular formula is C11H14N6O. The van der Waals surface area contributed by atoms with Crippen molar-refractivity contribution in [2.24, 2.45) is 0 Å². The lowest BCUT2D eigenvalue weighted by molar-refractivity contribution is 0.424. The van der Waals surface area contributed by atoms with E-state index in [1.165, 1.54) is 0 Å². The highest BCUT2D eigenvalue weighted by Crippen LogP contribution is 2.16. The van der Waals surface area contributed by atoms with E-state index in [0.717, 1.165) is 32.0 Å². The summed E-state index contributed by atoms with van der Waals surface area (Å²) in [5, 5.41) is 15.4. The maximum atomic E-state index is 5.05. The zero-order valence-electron chi connectivity index (χ0n) is 10.1. The summed E-state index contributed by atoms with van der Waals surface area (Å²) in [6.45, 7) is 5.63. The van der Waals surface area contributed by atoms with Gasteiger partial charge in [-0.15, -0.1) is 10.2 Å². The van der Waals surface area contributed by atoms with E-state index in [4.69, 9.17) is 4.52 Å². The fourth-order valence-corrected chi connectivity index (χ4v) is 1.90. The molecule has 0 saturated carbocycles. The fourth-order valence-electron chi connectivity index (χ4n) is 1.90. The number of nitrogens with zero attached hydrogens (tertiary/aromatic N) is 5. The summed E-state index contributed by atoms with van der Waals surface area (Å²) >= 11 is 0. The van der Waals surface area contributed by atoms with Crippen LogP contribution in [0.1, 0.15) is 5.82 Å². The van der Waals surface area contributed by atoms with Crippen LogP contribution in [0, 0.1) is 6.92 Å². The molecule has 1 aliphatic heterocycles. The molecule has 18 heavy (non-hydrogen) atoms.